The molecule has 0 amide bonds. The number of benzene rings is 1. The monoisotopic (exact) mass is 428 g/mol. The number of rotatable bonds is 5. The molecule has 2 atom stereocenters. The van der Waals surface area contributed by atoms with Gasteiger partial charge in [0.05, 0.1) is 11.7 Å². The third kappa shape index (κ3) is 4.02. The highest BCUT2D eigenvalue weighted by atomic mass is 35.5. The lowest BCUT2D eigenvalue weighted by Crippen LogP contribution is -2.49. The lowest BCUT2D eigenvalue weighted by molar-refractivity contribution is 0.0649. The van der Waals surface area contributed by atoms with Crippen LogP contribution in [0, 0.1) is 5.92 Å². The molecule has 4 heterocycles. The molecule has 0 bridgehead atoms. The Hall–Kier alpha value is -2.58. The van der Waals surface area contributed by atoms with Gasteiger partial charge in [-0.1, -0.05) is 18.0 Å². The number of nitrogens with one attached hydrogen (secondary N) is 3. The van der Waals surface area contributed by atoms with Gasteiger partial charge >= 0.3 is 5.76 Å². The molecule has 2 aliphatic heterocycles. The van der Waals surface area contributed by atoms with E-state index in [0.29, 0.717) is 39.8 Å². The van der Waals surface area contributed by atoms with Crippen molar-refractivity contribution in [2.75, 3.05) is 30.3 Å². The predicted molar refractivity (Wildman–Crippen MR) is 118 cm³/mol. The summed E-state index contributed by atoms with van der Waals surface area (Å²) in [5.74, 6) is 1.22. The summed E-state index contributed by atoms with van der Waals surface area (Å²) in [7, 11) is 0. The van der Waals surface area contributed by atoms with E-state index in [1.165, 1.54) is 45.2 Å². The number of hydrogen-bond donors (Lipinski definition) is 3. The van der Waals surface area contributed by atoms with Crippen LogP contribution in [0.1, 0.15) is 32.1 Å². The Balaban J connectivity index is 1.28. The molecule has 2 aliphatic rings. The van der Waals surface area contributed by atoms with Gasteiger partial charge in [-0.15, -0.1) is 0 Å². The van der Waals surface area contributed by atoms with Gasteiger partial charge < -0.3 is 20.0 Å². The molecule has 0 spiro atoms. The molecule has 9 heteroatoms. The highest BCUT2D eigenvalue weighted by Crippen LogP contribution is 2.31. The smallest absolute Gasteiger partial charge is 0.408 e. The maximum atomic E-state index is 11.3. The lowest BCUT2D eigenvalue weighted by Gasteiger charge is -2.44. The fourth-order valence-electron chi connectivity index (χ4n) is 4.75. The number of hydrogen-bond acceptors (Lipinski definition) is 7. The number of fused-ring (bicyclic) bond motifs is 2. The fourth-order valence-corrected chi connectivity index (χ4v) is 4.91. The van der Waals surface area contributed by atoms with Crippen molar-refractivity contribution < 1.29 is 4.42 Å². The second-order valence-electron chi connectivity index (χ2n) is 8.12. The minimum absolute atomic E-state index is 0.440. The van der Waals surface area contributed by atoms with Crippen LogP contribution in [0.3, 0.4) is 0 Å². The number of piperidine rings is 2. The van der Waals surface area contributed by atoms with Gasteiger partial charge in [0.1, 0.15) is 5.02 Å². The van der Waals surface area contributed by atoms with Crippen molar-refractivity contribution in [2.24, 2.45) is 5.92 Å². The summed E-state index contributed by atoms with van der Waals surface area (Å²) in [6.45, 7) is 3.32. The molecule has 2 unspecified atom stereocenters. The second kappa shape index (κ2) is 8.28. The topological polar surface area (TPSA) is 99.1 Å². The van der Waals surface area contributed by atoms with Crippen molar-refractivity contribution in [1.82, 2.24) is 19.9 Å². The van der Waals surface area contributed by atoms with Crippen LogP contribution in [-0.4, -0.2) is 45.5 Å². The maximum Gasteiger partial charge on any atom is 0.417 e. The largest absolute Gasteiger partial charge is 0.417 e. The number of H-pyrrole nitrogens is 1. The molecule has 0 aliphatic carbocycles. The van der Waals surface area contributed by atoms with Crippen LogP contribution in [0.25, 0.3) is 11.1 Å². The number of aromatic nitrogens is 3. The van der Waals surface area contributed by atoms with E-state index < -0.39 is 5.76 Å². The standard InChI is InChI=1S/C21H25ClN6O2/c22-15-12-24-20(25-14-6-7-18-16(10-14)26-21(29)30-18)27-19(15)23-11-13-4-3-9-28-8-2-1-5-17(13)28/h6-7,10,12-13,17H,1-5,8-9,11H2,(H,26,29)(H2,23,24,25,27). The van der Waals surface area contributed by atoms with E-state index in [0.717, 1.165) is 12.2 Å². The lowest BCUT2D eigenvalue weighted by atomic mass is 9.83. The van der Waals surface area contributed by atoms with E-state index in [-0.39, 0.29) is 0 Å². The molecule has 158 valence electrons. The van der Waals surface area contributed by atoms with Gasteiger partial charge in [0.15, 0.2) is 11.4 Å². The molecule has 30 heavy (non-hydrogen) atoms. The summed E-state index contributed by atoms with van der Waals surface area (Å²) in [5.41, 5.74) is 1.87. The van der Waals surface area contributed by atoms with Crippen molar-refractivity contribution >= 4 is 40.2 Å². The number of anilines is 3. The van der Waals surface area contributed by atoms with E-state index >= 15 is 0 Å². The summed E-state index contributed by atoms with van der Waals surface area (Å²) in [6, 6.07) is 5.99. The van der Waals surface area contributed by atoms with E-state index in [4.69, 9.17) is 16.0 Å². The van der Waals surface area contributed by atoms with Crippen LogP contribution < -0.4 is 16.4 Å². The molecule has 0 saturated carbocycles. The zero-order valence-electron chi connectivity index (χ0n) is 16.7. The normalized spacial score (nSPS) is 22.0. The Labute approximate surface area is 179 Å². The average Bonchev–Trinajstić information content (AvgIpc) is 3.13. The molecule has 3 N–H and O–H groups in total. The number of nitrogens with zero attached hydrogens (tertiary/aromatic N) is 3. The summed E-state index contributed by atoms with van der Waals surface area (Å²) >= 11 is 6.36. The van der Waals surface area contributed by atoms with E-state index in [9.17, 15) is 4.79 Å². The number of aromatic amines is 1. The Bertz CT molecular complexity index is 1090. The van der Waals surface area contributed by atoms with Crippen molar-refractivity contribution in [2.45, 2.75) is 38.1 Å². The molecule has 3 aromatic rings. The highest BCUT2D eigenvalue weighted by Gasteiger charge is 2.32. The Morgan fingerprint density at radius 3 is 3.07 bits per heavy atom. The van der Waals surface area contributed by atoms with Gasteiger partial charge in [0.2, 0.25) is 5.95 Å². The average molecular weight is 429 g/mol. The summed E-state index contributed by atoms with van der Waals surface area (Å²) in [5, 5.41) is 7.13. The number of oxazole rings is 1. The second-order valence-corrected chi connectivity index (χ2v) is 8.53. The molecule has 2 aromatic heterocycles. The van der Waals surface area contributed by atoms with Gasteiger partial charge in [-0.3, -0.25) is 4.98 Å². The van der Waals surface area contributed by atoms with Crippen molar-refractivity contribution in [3.05, 3.63) is 40.0 Å². The van der Waals surface area contributed by atoms with Crippen LogP contribution in [0.15, 0.2) is 33.6 Å². The predicted octanol–water partition coefficient (Wildman–Crippen LogP) is 3.98. The van der Waals surface area contributed by atoms with Gasteiger partial charge in [-0.2, -0.15) is 4.98 Å². The molecule has 2 saturated heterocycles. The molecular formula is C21H25ClN6O2. The highest BCUT2D eigenvalue weighted by molar-refractivity contribution is 6.32. The molecule has 8 nitrogen and oxygen atoms in total. The van der Waals surface area contributed by atoms with E-state index in [2.05, 4.69) is 30.5 Å². The first-order valence-corrected chi connectivity index (χ1v) is 10.9. The fraction of sp³-hybridized carbons (Fsp3) is 0.476. The zero-order valence-corrected chi connectivity index (χ0v) is 17.4. The van der Waals surface area contributed by atoms with Gasteiger partial charge in [0, 0.05) is 18.3 Å². The van der Waals surface area contributed by atoms with Crippen molar-refractivity contribution in [3.8, 4) is 0 Å². The Kier molecular flexibility index (Phi) is 5.35. The molecular weight excluding hydrogens is 404 g/mol. The minimum atomic E-state index is -0.476. The first-order valence-electron chi connectivity index (χ1n) is 10.6. The maximum absolute atomic E-state index is 11.3. The third-order valence-electron chi connectivity index (χ3n) is 6.18. The summed E-state index contributed by atoms with van der Waals surface area (Å²) < 4.78 is 5.03. The summed E-state index contributed by atoms with van der Waals surface area (Å²) in [4.78, 5) is 25.5. The molecule has 5 rings (SSSR count). The van der Waals surface area contributed by atoms with Crippen LogP contribution in [-0.2, 0) is 0 Å². The van der Waals surface area contributed by atoms with Crippen molar-refractivity contribution in [3.63, 3.8) is 0 Å². The van der Waals surface area contributed by atoms with Crippen LogP contribution in [0.5, 0.6) is 0 Å². The van der Waals surface area contributed by atoms with Crippen LogP contribution >= 0.6 is 11.6 Å². The SMILES string of the molecule is O=c1[nH]c2cc(Nc3ncc(Cl)c(NCC4CCCN5CCCCC45)n3)ccc2o1. The van der Waals surface area contributed by atoms with Crippen LogP contribution in [0.2, 0.25) is 5.02 Å². The van der Waals surface area contributed by atoms with Crippen molar-refractivity contribution in [1.29, 1.82) is 0 Å². The molecule has 1 aromatic carbocycles. The van der Waals surface area contributed by atoms with Gasteiger partial charge in [-0.05, 0) is 62.9 Å². The van der Waals surface area contributed by atoms with Gasteiger partial charge in [-0.25, -0.2) is 9.78 Å². The minimum Gasteiger partial charge on any atom is -0.408 e. The Morgan fingerprint density at radius 1 is 1.23 bits per heavy atom. The zero-order chi connectivity index (χ0) is 20.5. The molecule has 2 fully saturated rings. The van der Waals surface area contributed by atoms with E-state index in [1.54, 1.807) is 18.3 Å². The first kappa shape index (κ1) is 19.4. The van der Waals surface area contributed by atoms with Crippen LogP contribution in [0.4, 0.5) is 17.5 Å². The third-order valence-corrected chi connectivity index (χ3v) is 6.46. The van der Waals surface area contributed by atoms with Gasteiger partial charge in [0.25, 0.3) is 0 Å². The number of halogens is 1. The quantitative estimate of drug-likeness (QED) is 0.565. The Morgan fingerprint density at radius 2 is 2.13 bits per heavy atom. The molecule has 0 radical (unpaired) electrons. The first-order chi connectivity index (χ1) is 14.7. The van der Waals surface area contributed by atoms with E-state index in [1.807, 2.05) is 6.07 Å². The summed E-state index contributed by atoms with van der Waals surface area (Å²) in [6.07, 6.45) is 8.03.